The van der Waals surface area contributed by atoms with E-state index in [9.17, 15) is 9.59 Å². The minimum atomic E-state index is -0.547. The molecule has 0 saturated heterocycles. The van der Waals surface area contributed by atoms with Crippen LogP contribution in [0.3, 0.4) is 0 Å². The maximum Gasteiger partial charge on any atom is 0.361 e. The average molecular weight is 277 g/mol. The molecule has 0 spiro atoms. The molecular weight excluding hydrogens is 262 g/mol. The molecule has 106 valence electrons. The zero-order chi connectivity index (χ0) is 14.3. The lowest BCUT2D eigenvalue weighted by Crippen LogP contribution is -2.27. The number of hydrogen-bond donors (Lipinski definition) is 0. The van der Waals surface area contributed by atoms with Crippen LogP contribution in [-0.4, -0.2) is 36.5 Å². The standard InChI is InChI=1S/C12H15N5O3/c1-7-4-3-5-8(7)20-11(18)9-10-14-15-16(2)12(19)17(10)6-13-9/h6-8H,3-5H2,1-2H3. The van der Waals surface area contributed by atoms with Crippen molar-refractivity contribution in [3.05, 3.63) is 22.5 Å². The van der Waals surface area contributed by atoms with Crippen LogP contribution < -0.4 is 5.69 Å². The van der Waals surface area contributed by atoms with Gasteiger partial charge in [0.15, 0.2) is 11.3 Å². The molecule has 8 nitrogen and oxygen atoms in total. The molecule has 0 radical (unpaired) electrons. The molecule has 3 rings (SSSR count). The molecule has 1 saturated carbocycles. The van der Waals surface area contributed by atoms with Gasteiger partial charge in [-0.1, -0.05) is 12.1 Å². The van der Waals surface area contributed by atoms with Crippen molar-refractivity contribution >= 4 is 11.6 Å². The lowest BCUT2D eigenvalue weighted by molar-refractivity contribution is 0.0222. The van der Waals surface area contributed by atoms with E-state index < -0.39 is 11.7 Å². The number of nitrogens with zero attached hydrogens (tertiary/aromatic N) is 5. The summed E-state index contributed by atoms with van der Waals surface area (Å²) in [5.41, 5.74) is -0.242. The first kappa shape index (κ1) is 12.8. The molecule has 2 heterocycles. The fourth-order valence-corrected chi connectivity index (χ4v) is 2.50. The number of carbonyl (C=O) groups is 1. The Balaban J connectivity index is 1.92. The van der Waals surface area contributed by atoms with Crippen molar-refractivity contribution in [1.82, 2.24) is 24.4 Å². The molecule has 0 aliphatic heterocycles. The van der Waals surface area contributed by atoms with E-state index >= 15 is 0 Å². The summed E-state index contributed by atoms with van der Waals surface area (Å²) in [6.07, 6.45) is 4.16. The van der Waals surface area contributed by atoms with Crippen molar-refractivity contribution < 1.29 is 9.53 Å². The van der Waals surface area contributed by atoms with Gasteiger partial charge >= 0.3 is 11.7 Å². The van der Waals surface area contributed by atoms with Crippen LogP contribution in [0, 0.1) is 5.92 Å². The number of carbonyl (C=O) groups excluding carboxylic acids is 1. The van der Waals surface area contributed by atoms with Gasteiger partial charge in [-0.2, -0.15) is 4.68 Å². The van der Waals surface area contributed by atoms with E-state index in [1.807, 2.05) is 0 Å². The minimum absolute atomic E-state index is 0.0364. The molecular formula is C12H15N5O3. The van der Waals surface area contributed by atoms with E-state index in [0.29, 0.717) is 5.92 Å². The second-order valence-corrected chi connectivity index (χ2v) is 5.13. The second-order valence-electron chi connectivity index (χ2n) is 5.13. The SMILES string of the molecule is CC1CCCC1OC(=O)c1ncn2c(=O)n(C)nnc12. The fourth-order valence-electron chi connectivity index (χ4n) is 2.50. The second kappa shape index (κ2) is 4.69. The van der Waals surface area contributed by atoms with E-state index in [1.54, 1.807) is 0 Å². The first-order chi connectivity index (χ1) is 9.58. The number of aryl methyl sites for hydroxylation is 1. The van der Waals surface area contributed by atoms with Crippen molar-refractivity contribution in [1.29, 1.82) is 0 Å². The van der Waals surface area contributed by atoms with Gasteiger partial charge in [-0.05, 0) is 25.2 Å². The van der Waals surface area contributed by atoms with Crippen molar-refractivity contribution in [2.45, 2.75) is 32.3 Å². The van der Waals surface area contributed by atoms with Gasteiger partial charge in [0.25, 0.3) is 0 Å². The Kier molecular flexibility index (Phi) is 3.00. The lowest BCUT2D eigenvalue weighted by atomic mass is 10.1. The van der Waals surface area contributed by atoms with Gasteiger partial charge in [0, 0.05) is 7.05 Å². The van der Waals surface area contributed by atoms with Gasteiger partial charge in [0.05, 0.1) is 0 Å². The summed E-state index contributed by atoms with van der Waals surface area (Å²) in [6, 6.07) is 0. The monoisotopic (exact) mass is 277 g/mol. The van der Waals surface area contributed by atoms with E-state index in [1.165, 1.54) is 17.8 Å². The van der Waals surface area contributed by atoms with Gasteiger partial charge in [-0.15, -0.1) is 5.10 Å². The molecule has 1 fully saturated rings. The predicted molar refractivity (Wildman–Crippen MR) is 68.2 cm³/mol. The van der Waals surface area contributed by atoms with Gasteiger partial charge in [0.1, 0.15) is 12.4 Å². The normalized spacial score (nSPS) is 22.3. The Labute approximate surface area is 114 Å². The molecule has 2 unspecified atom stereocenters. The quantitative estimate of drug-likeness (QED) is 0.727. The highest BCUT2D eigenvalue weighted by Crippen LogP contribution is 2.28. The Morgan fingerprint density at radius 2 is 2.25 bits per heavy atom. The van der Waals surface area contributed by atoms with Crippen LogP contribution >= 0.6 is 0 Å². The number of aromatic nitrogens is 5. The molecule has 1 aliphatic carbocycles. The minimum Gasteiger partial charge on any atom is -0.457 e. The summed E-state index contributed by atoms with van der Waals surface area (Å²) in [5.74, 6) is -0.194. The maximum atomic E-state index is 12.1. The third-order valence-corrected chi connectivity index (χ3v) is 3.73. The largest absolute Gasteiger partial charge is 0.457 e. The number of ether oxygens (including phenoxy) is 1. The molecule has 2 aromatic rings. The van der Waals surface area contributed by atoms with Crippen LogP contribution in [-0.2, 0) is 11.8 Å². The molecule has 0 aromatic carbocycles. The van der Waals surface area contributed by atoms with Crippen molar-refractivity contribution in [2.75, 3.05) is 0 Å². The smallest absolute Gasteiger partial charge is 0.361 e. The van der Waals surface area contributed by atoms with Crippen LogP contribution in [0.25, 0.3) is 5.65 Å². The summed E-state index contributed by atoms with van der Waals surface area (Å²) in [6.45, 7) is 2.06. The first-order valence-electron chi connectivity index (χ1n) is 6.56. The van der Waals surface area contributed by atoms with E-state index in [4.69, 9.17) is 4.74 Å². The Bertz CT molecular complexity index is 719. The number of rotatable bonds is 2. The molecule has 8 heteroatoms. The number of imidazole rings is 1. The van der Waals surface area contributed by atoms with Gasteiger partial charge in [0.2, 0.25) is 0 Å². The molecule has 1 aliphatic rings. The molecule has 2 aromatic heterocycles. The van der Waals surface area contributed by atoms with Crippen molar-refractivity contribution in [2.24, 2.45) is 13.0 Å². The highest BCUT2D eigenvalue weighted by atomic mass is 16.5. The van der Waals surface area contributed by atoms with Crippen LogP contribution in [0.4, 0.5) is 0 Å². The number of hydrogen-bond acceptors (Lipinski definition) is 6. The van der Waals surface area contributed by atoms with Gasteiger partial charge < -0.3 is 4.74 Å². The summed E-state index contributed by atoms with van der Waals surface area (Å²) in [4.78, 5) is 27.9. The molecule has 0 amide bonds. The Hall–Kier alpha value is -2.25. The van der Waals surface area contributed by atoms with E-state index in [-0.39, 0.29) is 17.4 Å². The first-order valence-corrected chi connectivity index (χ1v) is 6.56. The van der Waals surface area contributed by atoms with Crippen molar-refractivity contribution in [3.63, 3.8) is 0 Å². The van der Waals surface area contributed by atoms with E-state index in [0.717, 1.165) is 23.9 Å². The highest BCUT2D eigenvalue weighted by Gasteiger charge is 2.29. The van der Waals surface area contributed by atoms with Crippen molar-refractivity contribution in [3.8, 4) is 0 Å². The van der Waals surface area contributed by atoms with Gasteiger partial charge in [-0.25, -0.2) is 19.0 Å². The zero-order valence-electron chi connectivity index (χ0n) is 11.3. The zero-order valence-corrected chi connectivity index (χ0v) is 11.3. The predicted octanol–water partition coefficient (Wildman–Crippen LogP) is 0.168. The van der Waals surface area contributed by atoms with Crippen LogP contribution in [0.5, 0.6) is 0 Å². The average Bonchev–Trinajstić information content (AvgIpc) is 3.01. The van der Waals surface area contributed by atoms with Crippen LogP contribution in [0.15, 0.2) is 11.1 Å². The van der Waals surface area contributed by atoms with Crippen LogP contribution in [0.1, 0.15) is 36.7 Å². The third-order valence-electron chi connectivity index (χ3n) is 3.73. The topological polar surface area (TPSA) is 91.4 Å². The summed E-state index contributed by atoms with van der Waals surface area (Å²) >= 11 is 0. The Morgan fingerprint density at radius 3 is 2.95 bits per heavy atom. The third kappa shape index (κ3) is 1.97. The summed E-state index contributed by atoms with van der Waals surface area (Å²) in [5, 5.41) is 7.48. The lowest BCUT2D eigenvalue weighted by Gasteiger charge is -2.15. The van der Waals surface area contributed by atoms with Crippen LogP contribution in [0.2, 0.25) is 0 Å². The molecule has 0 bridgehead atoms. The summed E-state index contributed by atoms with van der Waals surface area (Å²) in [7, 11) is 1.48. The number of fused-ring (bicyclic) bond motifs is 1. The van der Waals surface area contributed by atoms with E-state index in [2.05, 4.69) is 22.2 Å². The number of esters is 1. The molecule has 2 atom stereocenters. The van der Waals surface area contributed by atoms with Gasteiger partial charge in [-0.3, -0.25) is 0 Å². The molecule has 0 N–H and O–H groups in total. The summed E-state index contributed by atoms with van der Waals surface area (Å²) < 4.78 is 7.71. The molecule has 20 heavy (non-hydrogen) atoms. The fraction of sp³-hybridized carbons (Fsp3) is 0.583. The highest BCUT2D eigenvalue weighted by molar-refractivity contribution is 5.93. The maximum absolute atomic E-state index is 12.1. The Morgan fingerprint density at radius 1 is 1.45 bits per heavy atom.